The summed E-state index contributed by atoms with van der Waals surface area (Å²) in [6, 6.07) is 9.86. The van der Waals surface area contributed by atoms with Crippen LogP contribution in [0.1, 0.15) is 45.2 Å². The maximum absolute atomic E-state index is 12.6. The number of carbonyl (C=O) groups is 3. The van der Waals surface area contributed by atoms with Gasteiger partial charge in [0.25, 0.3) is 0 Å². The number of hydrogen-bond donors (Lipinski definition) is 1. The number of ether oxygens (including phenoxy) is 1. The molecule has 0 spiro atoms. The molecule has 9 heteroatoms. The summed E-state index contributed by atoms with van der Waals surface area (Å²) in [5.74, 6) is -0.496. The number of fused-ring (bicyclic) bond motifs is 3. The van der Waals surface area contributed by atoms with E-state index in [-0.39, 0.29) is 17.9 Å². The highest BCUT2D eigenvalue weighted by atomic mass is 16.6. The van der Waals surface area contributed by atoms with Crippen molar-refractivity contribution in [3.05, 3.63) is 42.1 Å². The fourth-order valence-electron chi connectivity index (χ4n) is 5.09. The lowest BCUT2D eigenvalue weighted by Gasteiger charge is -2.35. The fraction of sp³-hybridized carbons (Fsp3) is 0.481. The highest BCUT2D eigenvalue weighted by molar-refractivity contribution is 6.09. The predicted molar refractivity (Wildman–Crippen MR) is 137 cm³/mol. The molecule has 0 aliphatic carbocycles. The van der Waals surface area contributed by atoms with E-state index in [2.05, 4.69) is 33.4 Å². The second-order valence-corrected chi connectivity index (χ2v) is 10.6. The van der Waals surface area contributed by atoms with Crippen molar-refractivity contribution in [3.63, 3.8) is 0 Å². The zero-order chi connectivity index (χ0) is 25.4. The van der Waals surface area contributed by atoms with Crippen LogP contribution in [-0.4, -0.2) is 75.6 Å². The number of amides is 3. The van der Waals surface area contributed by atoms with Gasteiger partial charge in [-0.1, -0.05) is 6.07 Å². The minimum atomic E-state index is -0.482. The molecule has 0 unspecified atom stereocenters. The van der Waals surface area contributed by atoms with Crippen LogP contribution in [0.2, 0.25) is 0 Å². The maximum atomic E-state index is 12.6. The minimum Gasteiger partial charge on any atom is -0.444 e. The van der Waals surface area contributed by atoms with Gasteiger partial charge in [-0.15, -0.1) is 0 Å². The second kappa shape index (κ2) is 9.54. The molecule has 2 fully saturated rings. The van der Waals surface area contributed by atoms with Crippen LogP contribution in [0.25, 0.3) is 21.9 Å². The van der Waals surface area contributed by atoms with Gasteiger partial charge >= 0.3 is 6.09 Å². The summed E-state index contributed by atoms with van der Waals surface area (Å²) in [7, 11) is 0. The first-order valence-corrected chi connectivity index (χ1v) is 12.6. The van der Waals surface area contributed by atoms with Crippen LogP contribution in [0.4, 0.5) is 4.79 Å². The van der Waals surface area contributed by atoms with E-state index in [1.807, 2.05) is 37.5 Å². The summed E-state index contributed by atoms with van der Waals surface area (Å²) in [6.07, 6.45) is 3.17. The van der Waals surface area contributed by atoms with Crippen molar-refractivity contribution in [2.75, 3.05) is 32.7 Å². The van der Waals surface area contributed by atoms with Crippen molar-refractivity contribution in [3.8, 4) is 0 Å². The molecule has 5 rings (SSSR count). The van der Waals surface area contributed by atoms with Gasteiger partial charge in [0, 0.05) is 56.1 Å². The smallest absolute Gasteiger partial charge is 0.410 e. The Morgan fingerprint density at radius 2 is 1.89 bits per heavy atom. The number of nitrogens with zero attached hydrogens (tertiary/aromatic N) is 4. The van der Waals surface area contributed by atoms with Crippen LogP contribution in [0, 0.1) is 0 Å². The molecule has 190 valence electrons. The van der Waals surface area contributed by atoms with E-state index >= 15 is 0 Å². The molecular weight excluding hydrogens is 458 g/mol. The number of pyridine rings is 1. The maximum Gasteiger partial charge on any atom is 0.410 e. The first-order valence-electron chi connectivity index (χ1n) is 12.6. The zero-order valence-corrected chi connectivity index (χ0v) is 21.1. The predicted octanol–water partition coefficient (Wildman–Crippen LogP) is 3.26. The van der Waals surface area contributed by atoms with Crippen molar-refractivity contribution in [1.29, 1.82) is 0 Å². The third-order valence-corrected chi connectivity index (χ3v) is 6.89. The molecule has 2 aliphatic rings. The van der Waals surface area contributed by atoms with Crippen molar-refractivity contribution >= 4 is 39.8 Å². The molecule has 1 aromatic carbocycles. The number of nitrogens with one attached hydrogen (secondary N) is 1. The summed E-state index contributed by atoms with van der Waals surface area (Å²) in [4.78, 5) is 45.4. The van der Waals surface area contributed by atoms with Gasteiger partial charge in [-0.2, -0.15) is 0 Å². The van der Waals surface area contributed by atoms with E-state index in [1.54, 1.807) is 11.1 Å². The Morgan fingerprint density at radius 3 is 2.61 bits per heavy atom. The lowest BCUT2D eigenvalue weighted by atomic mass is 10.0. The first kappa shape index (κ1) is 24.2. The van der Waals surface area contributed by atoms with Gasteiger partial charge in [0.15, 0.2) is 0 Å². The summed E-state index contributed by atoms with van der Waals surface area (Å²) >= 11 is 0. The third-order valence-electron chi connectivity index (χ3n) is 6.89. The van der Waals surface area contributed by atoms with E-state index in [0.717, 1.165) is 48.0 Å². The summed E-state index contributed by atoms with van der Waals surface area (Å²) in [6.45, 7) is 9.53. The molecule has 1 N–H and O–H groups in total. The molecule has 2 saturated heterocycles. The van der Waals surface area contributed by atoms with Crippen LogP contribution in [0.15, 0.2) is 36.5 Å². The highest BCUT2D eigenvalue weighted by Gasteiger charge is 2.31. The summed E-state index contributed by atoms with van der Waals surface area (Å²) in [5.41, 5.74) is 2.44. The first-order chi connectivity index (χ1) is 17.2. The number of benzene rings is 1. The summed E-state index contributed by atoms with van der Waals surface area (Å²) in [5, 5.41) is 4.54. The second-order valence-electron chi connectivity index (χ2n) is 10.6. The Labute approximate surface area is 210 Å². The Morgan fingerprint density at radius 1 is 1.11 bits per heavy atom. The minimum absolute atomic E-state index is 0.223. The number of imide groups is 1. The molecule has 0 radical (unpaired) electrons. The lowest BCUT2D eigenvalue weighted by molar-refractivity contribution is -0.135. The largest absolute Gasteiger partial charge is 0.444 e. The van der Waals surface area contributed by atoms with Crippen molar-refractivity contribution in [1.82, 2.24) is 24.7 Å². The molecule has 36 heavy (non-hydrogen) atoms. The molecule has 2 aromatic heterocycles. The van der Waals surface area contributed by atoms with E-state index in [4.69, 9.17) is 4.74 Å². The summed E-state index contributed by atoms with van der Waals surface area (Å²) < 4.78 is 7.47. The van der Waals surface area contributed by atoms with Crippen LogP contribution < -0.4 is 5.32 Å². The quantitative estimate of drug-likeness (QED) is 0.563. The van der Waals surface area contributed by atoms with Gasteiger partial charge in [0.1, 0.15) is 17.3 Å². The standard InChI is InChI=1S/C27H33N5O4/c1-27(2,3)36-26(35)31-15-13-30(14-16-31)12-10-18-6-7-21-20(17-18)19-5-4-11-28-24(19)32(21)22-8-9-23(33)29-25(22)34/h4-7,11,17,22H,8-10,12-16H2,1-3H3,(H,29,33,34)/t22-/m0/s1. The van der Waals surface area contributed by atoms with Gasteiger partial charge < -0.3 is 14.2 Å². The number of piperazine rings is 1. The molecule has 3 aromatic rings. The normalized spacial score (nSPS) is 19.6. The number of hydrogen-bond acceptors (Lipinski definition) is 6. The molecule has 4 heterocycles. The zero-order valence-electron chi connectivity index (χ0n) is 21.1. The lowest BCUT2D eigenvalue weighted by Crippen LogP contribution is -2.50. The molecule has 1 atom stereocenters. The highest BCUT2D eigenvalue weighted by Crippen LogP contribution is 2.34. The van der Waals surface area contributed by atoms with E-state index in [0.29, 0.717) is 25.9 Å². The number of piperidine rings is 1. The molecule has 9 nitrogen and oxygen atoms in total. The van der Waals surface area contributed by atoms with Gasteiger partial charge in [0.05, 0.1) is 5.52 Å². The van der Waals surface area contributed by atoms with Gasteiger partial charge in [-0.3, -0.25) is 19.8 Å². The van der Waals surface area contributed by atoms with E-state index < -0.39 is 11.6 Å². The fourth-order valence-corrected chi connectivity index (χ4v) is 5.09. The average Bonchev–Trinajstić information content (AvgIpc) is 3.16. The molecule has 0 saturated carbocycles. The van der Waals surface area contributed by atoms with Crippen molar-refractivity contribution < 1.29 is 19.1 Å². The number of aromatic nitrogens is 2. The topological polar surface area (TPSA) is 96.8 Å². The van der Waals surface area contributed by atoms with Crippen LogP contribution in [0.3, 0.4) is 0 Å². The Bertz CT molecular complexity index is 1320. The monoisotopic (exact) mass is 491 g/mol. The Balaban J connectivity index is 1.30. The SMILES string of the molecule is CC(C)(C)OC(=O)N1CCN(CCc2ccc3c(c2)c2cccnc2n3[C@H]2CCC(=O)NC2=O)CC1. The van der Waals surface area contributed by atoms with Gasteiger partial charge in [-0.25, -0.2) is 9.78 Å². The van der Waals surface area contributed by atoms with Crippen LogP contribution in [-0.2, 0) is 20.7 Å². The molecule has 2 aliphatic heterocycles. The van der Waals surface area contributed by atoms with Gasteiger partial charge in [0.2, 0.25) is 11.8 Å². The number of rotatable bonds is 4. The number of carbonyl (C=O) groups excluding carboxylic acids is 3. The molecule has 3 amide bonds. The Kier molecular flexibility index (Phi) is 6.42. The van der Waals surface area contributed by atoms with Gasteiger partial charge in [-0.05, 0) is 63.4 Å². The Hall–Kier alpha value is -3.46. The molecular formula is C27H33N5O4. The average molecular weight is 492 g/mol. The van der Waals surface area contributed by atoms with Crippen molar-refractivity contribution in [2.24, 2.45) is 0 Å². The molecule has 0 bridgehead atoms. The third kappa shape index (κ3) is 4.93. The van der Waals surface area contributed by atoms with E-state index in [9.17, 15) is 14.4 Å². The van der Waals surface area contributed by atoms with Crippen LogP contribution >= 0.6 is 0 Å². The van der Waals surface area contributed by atoms with Crippen molar-refractivity contribution in [2.45, 2.75) is 51.7 Å². The van der Waals surface area contributed by atoms with Crippen LogP contribution in [0.5, 0.6) is 0 Å². The van der Waals surface area contributed by atoms with E-state index in [1.165, 1.54) is 5.56 Å².